The average molecular weight is 507 g/mol. The first-order valence-electron chi connectivity index (χ1n) is 12.7. The second-order valence-electron chi connectivity index (χ2n) is 8.74. The van der Waals surface area contributed by atoms with E-state index in [1.165, 1.54) is 0 Å². The Hall–Kier alpha value is -4.26. The van der Waals surface area contributed by atoms with Crippen LogP contribution in [0.25, 0.3) is 0 Å². The van der Waals surface area contributed by atoms with Crippen molar-refractivity contribution in [1.82, 2.24) is 0 Å². The molecule has 6 heteroatoms. The molecule has 0 radical (unpaired) electrons. The van der Waals surface area contributed by atoms with E-state index in [1.54, 1.807) is 0 Å². The highest BCUT2D eigenvalue weighted by molar-refractivity contribution is 5.86. The minimum absolute atomic E-state index is 0.508. The third kappa shape index (κ3) is 8.69. The molecule has 0 aliphatic heterocycles. The monoisotopic (exact) mass is 506 g/mol. The van der Waals surface area contributed by atoms with E-state index in [-0.39, 0.29) is 0 Å². The summed E-state index contributed by atoms with van der Waals surface area (Å²) in [6, 6.07) is 20.2. The minimum atomic E-state index is 0.508. The maximum absolute atomic E-state index is 5.84. The summed E-state index contributed by atoms with van der Waals surface area (Å²) >= 11 is 0. The lowest BCUT2D eigenvalue weighted by molar-refractivity contribution is 0.0530. The van der Waals surface area contributed by atoms with Gasteiger partial charge in [0.25, 0.3) is 0 Å². The Morgan fingerprint density at radius 2 is 1.00 bits per heavy atom. The van der Waals surface area contributed by atoms with Gasteiger partial charge < -0.3 is 9.47 Å². The molecule has 2 aliphatic carbocycles. The van der Waals surface area contributed by atoms with E-state index in [2.05, 4.69) is 23.4 Å². The summed E-state index contributed by atoms with van der Waals surface area (Å²) in [5.41, 5.74) is 6.05. The van der Waals surface area contributed by atoms with Crippen LogP contribution in [0.15, 0.2) is 143 Å². The summed E-state index contributed by atoms with van der Waals surface area (Å²) in [5.74, 6) is 0. The number of ether oxygens (including phenoxy) is 2. The number of nitrogens with zero attached hydrogens (tertiary/aromatic N) is 4. The van der Waals surface area contributed by atoms with Crippen molar-refractivity contribution < 1.29 is 9.47 Å². The second-order valence-corrected chi connectivity index (χ2v) is 8.74. The van der Waals surface area contributed by atoms with Crippen molar-refractivity contribution >= 4 is 23.8 Å². The quantitative estimate of drug-likeness (QED) is 0.166. The lowest BCUT2D eigenvalue weighted by atomic mass is 10.3. The molecule has 0 aromatic heterocycles. The van der Waals surface area contributed by atoms with E-state index < -0.39 is 0 Å². The number of allylic oxidation sites excluding steroid dienone is 10. The van der Waals surface area contributed by atoms with Crippen molar-refractivity contribution in [3.05, 3.63) is 133 Å². The van der Waals surface area contributed by atoms with Gasteiger partial charge in [-0.3, -0.25) is 10.0 Å². The molecule has 0 spiro atoms. The van der Waals surface area contributed by atoms with Gasteiger partial charge in [-0.05, 0) is 58.7 Å². The van der Waals surface area contributed by atoms with Gasteiger partial charge in [0.2, 0.25) is 0 Å². The zero-order chi connectivity index (χ0) is 26.4. The molecule has 0 bridgehead atoms. The molecule has 2 aromatic carbocycles. The average Bonchev–Trinajstić information content (AvgIpc) is 3.57. The summed E-state index contributed by atoms with van der Waals surface area (Å²) in [6.45, 7) is 11.2. The first-order valence-corrected chi connectivity index (χ1v) is 12.7. The predicted molar refractivity (Wildman–Crippen MR) is 159 cm³/mol. The van der Waals surface area contributed by atoms with Crippen LogP contribution in [0.4, 0.5) is 11.4 Å². The maximum atomic E-state index is 5.84. The van der Waals surface area contributed by atoms with Gasteiger partial charge in [-0.1, -0.05) is 73.9 Å². The fourth-order valence-corrected chi connectivity index (χ4v) is 3.79. The first kappa shape index (κ1) is 26.8. The van der Waals surface area contributed by atoms with Crippen molar-refractivity contribution in [1.29, 1.82) is 0 Å². The summed E-state index contributed by atoms with van der Waals surface area (Å²) in [6.07, 6.45) is 15.7. The second kappa shape index (κ2) is 14.5. The van der Waals surface area contributed by atoms with Crippen molar-refractivity contribution in [2.75, 3.05) is 49.5 Å². The van der Waals surface area contributed by atoms with E-state index in [0.29, 0.717) is 39.5 Å². The number of anilines is 2. The van der Waals surface area contributed by atoms with E-state index in [9.17, 15) is 0 Å². The first-order chi connectivity index (χ1) is 18.7. The lowest BCUT2D eigenvalue weighted by Crippen LogP contribution is -2.24. The van der Waals surface area contributed by atoms with Crippen LogP contribution in [0, 0.1) is 0 Å². The van der Waals surface area contributed by atoms with Gasteiger partial charge in [0.1, 0.15) is 0 Å². The fourth-order valence-electron chi connectivity index (χ4n) is 3.79. The molecule has 2 aliphatic rings. The third-order valence-electron chi connectivity index (χ3n) is 5.75. The SMILES string of the molecule is C=C1C=CC(/C=N/N(CCOCCOCCN(/N=C/C2=CC(=C)C=C2)c2ccccc2)c2ccccc2)=C1. The molecule has 0 N–H and O–H groups in total. The number of benzene rings is 2. The zero-order valence-electron chi connectivity index (χ0n) is 21.7. The van der Waals surface area contributed by atoms with Crippen LogP contribution in [0.1, 0.15) is 0 Å². The molecule has 0 saturated carbocycles. The molecule has 0 amide bonds. The molecule has 194 valence electrons. The van der Waals surface area contributed by atoms with Crippen LogP contribution in [0.3, 0.4) is 0 Å². The largest absolute Gasteiger partial charge is 0.377 e. The Labute approximate surface area is 225 Å². The van der Waals surface area contributed by atoms with Gasteiger partial charge in [-0.15, -0.1) is 0 Å². The highest BCUT2D eigenvalue weighted by Crippen LogP contribution is 2.17. The Balaban J connectivity index is 1.19. The molecule has 4 rings (SSSR count). The summed E-state index contributed by atoms with van der Waals surface area (Å²) < 4.78 is 11.7. The molecule has 38 heavy (non-hydrogen) atoms. The standard InChI is InChI=1S/C32H34N4O2/c1-27-13-15-29(23-27)25-33-35(31-9-5-3-6-10-31)17-19-37-21-22-38-20-18-36(32-11-7-4-8-12-32)34-26-30-16-14-28(2)24-30/h3-16,23-26H,1-2,17-22H2/b33-25+,34-26+. The highest BCUT2D eigenvalue weighted by Gasteiger charge is 2.07. The maximum Gasteiger partial charge on any atom is 0.0701 e. The van der Waals surface area contributed by atoms with Gasteiger partial charge in [0, 0.05) is 0 Å². The number of hydrogen-bond donors (Lipinski definition) is 0. The fraction of sp³-hybridized carbons (Fsp3) is 0.188. The van der Waals surface area contributed by atoms with Crippen molar-refractivity contribution in [2.45, 2.75) is 0 Å². The smallest absolute Gasteiger partial charge is 0.0701 e. The Bertz CT molecular complexity index is 1160. The minimum Gasteiger partial charge on any atom is -0.377 e. The van der Waals surface area contributed by atoms with Gasteiger partial charge in [0.05, 0.1) is 63.3 Å². The molecule has 0 heterocycles. The molecule has 0 atom stereocenters. The van der Waals surface area contributed by atoms with Gasteiger partial charge in [-0.25, -0.2) is 0 Å². The lowest BCUT2D eigenvalue weighted by Gasteiger charge is -2.20. The number of hydrogen-bond acceptors (Lipinski definition) is 6. The van der Waals surface area contributed by atoms with Crippen LogP contribution < -0.4 is 10.0 Å². The zero-order valence-corrected chi connectivity index (χ0v) is 21.7. The molecular formula is C32H34N4O2. The third-order valence-corrected chi connectivity index (χ3v) is 5.75. The van der Waals surface area contributed by atoms with Crippen molar-refractivity contribution in [3.8, 4) is 0 Å². The molecule has 0 saturated heterocycles. The Kier molecular flexibility index (Phi) is 10.2. The molecule has 0 unspecified atom stereocenters. The van der Waals surface area contributed by atoms with Crippen molar-refractivity contribution in [2.24, 2.45) is 10.2 Å². The summed E-state index contributed by atoms with van der Waals surface area (Å²) in [5, 5.41) is 13.2. The van der Waals surface area contributed by atoms with Crippen LogP contribution in [0.5, 0.6) is 0 Å². The summed E-state index contributed by atoms with van der Waals surface area (Å²) in [7, 11) is 0. The van der Waals surface area contributed by atoms with Crippen LogP contribution in [-0.4, -0.2) is 51.9 Å². The number of rotatable bonds is 15. The summed E-state index contributed by atoms with van der Waals surface area (Å²) in [4.78, 5) is 0. The number of hydrazone groups is 2. The molecular weight excluding hydrogens is 472 g/mol. The van der Waals surface area contributed by atoms with E-state index in [4.69, 9.17) is 9.47 Å². The molecule has 0 fully saturated rings. The topological polar surface area (TPSA) is 49.7 Å². The van der Waals surface area contributed by atoms with E-state index in [0.717, 1.165) is 33.7 Å². The highest BCUT2D eigenvalue weighted by atomic mass is 16.5. The molecule has 6 nitrogen and oxygen atoms in total. The van der Waals surface area contributed by atoms with Gasteiger partial charge >= 0.3 is 0 Å². The molecule has 2 aromatic rings. The van der Waals surface area contributed by atoms with E-state index in [1.807, 2.05) is 120 Å². The van der Waals surface area contributed by atoms with Crippen LogP contribution in [-0.2, 0) is 9.47 Å². The Morgan fingerprint density at radius 3 is 1.37 bits per heavy atom. The van der Waals surface area contributed by atoms with Gasteiger partial charge in [-0.2, -0.15) is 10.2 Å². The number of para-hydroxylation sites is 2. The van der Waals surface area contributed by atoms with Crippen molar-refractivity contribution in [3.63, 3.8) is 0 Å². The normalized spacial score (nSPS) is 14.6. The van der Waals surface area contributed by atoms with Gasteiger partial charge in [0.15, 0.2) is 0 Å². The Morgan fingerprint density at radius 1 is 0.579 bits per heavy atom. The van der Waals surface area contributed by atoms with E-state index >= 15 is 0 Å². The van der Waals surface area contributed by atoms with Crippen LogP contribution >= 0.6 is 0 Å². The predicted octanol–water partition coefficient (Wildman–Crippen LogP) is 6.11. The van der Waals surface area contributed by atoms with Crippen LogP contribution in [0.2, 0.25) is 0 Å².